The molecular formula is C41H39ClN8O5. The average molecular weight is 759 g/mol. The predicted octanol–water partition coefficient (Wildman–Crippen LogP) is 5.53. The summed E-state index contributed by atoms with van der Waals surface area (Å²) in [7, 11) is 1.54. The summed E-state index contributed by atoms with van der Waals surface area (Å²) in [6.45, 7) is 6.68. The molecule has 2 aromatic heterocycles. The standard InChI is InChI=1S/C41H39ClN8O5/c1-23-31(6-4-7-32(23)41-49-35-13-25(12-26(15-43)39(35)55-41)19-50-20-30(21-50)46-24(2)52)33-8-5-9-34(38(33)42)48-40(53)36-14-37(54-3)27(17-45-36)16-44-18-28-10-11-29(22-51)47-28/h4-9,12-14,17,28,30,44,47H,10-11,16,18-21H2,1-3H3,(H,46,52)(H,48,53)/t28-/m0/s1. The third-order valence-corrected chi connectivity index (χ3v) is 10.3. The normalized spacial score (nSPS) is 15.5. The molecule has 13 nitrogen and oxygen atoms in total. The van der Waals surface area contributed by atoms with Gasteiger partial charge in [-0.2, -0.15) is 5.26 Å². The van der Waals surface area contributed by atoms with Crippen LogP contribution < -0.4 is 26.0 Å². The number of anilines is 1. The van der Waals surface area contributed by atoms with Gasteiger partial charge in [-0.05, 0) is 54.3 Å². The topological polar surface area (TPSA) is 175 Å². The lowest BCUT2D eigenvalue weighted by atomic mass is 9.96. The average Bonchev–Trinajstić information content (AvgIpc) is 3.82. The van der Waals surface area contributed by atoms with E-state index in [1.807, 2.05) is 55.3 Å². The van der Waals surface area contributed by atoms with E-state index in [1.54, 1.807) is 18.3 Å². The minimum atomic E-state index is -0.452. The lowest BCUT2D eigenvalue weighted by Crippen LogP contribution is -2.58. The maximum absolute atomic E-state index is 13.4. The highest BCUT2D eigenvalue weighted by Gasteiger charge is 2.28. The monoisotopic (exact) mass is 758 g/mol. The number of ether oxygens (including phenoxy) is 1. The van der Waals surface area contributed by atoms with Gasteiger partial charge in [-0.1, -0.05) is 35.9 Å². The number of benzene rings is 3. The van der Waals surface area contributed by atoms with E-state index in [1.165, 1.54) is 14.0 Å². The van der Waals surface area contributed by atoms with Crippen LogP contribution in [0.2, 0.25) is 5.02 Å². The van der Waals surface area contributed by atoms with E-state index < -0.39 is 5.91 Å². The molecule has 0 radical (unpaired) electrons. The molecule has 2 fully saturated rings. The fourth-order valence-electron chi connectivity index (χ4n) is 7.13. The zero-order valence-corrected chi connectivity index (χ0v) is 31.3. The van der Waals surface area contributed by atoms with Crippen molar-refractivity contribution in [3.63, 3.8) is 0 Å². The van der Waals surface area contributed by atoms with Gasteiger partial charge >= 0.3 is 0 Å². The summed E-state index contributed by atoms with van der Waals surface area (Å²) in [6.07, 6.45) is 3.16. The highest BCUT2D eigenvalue weighted by molar-refractivity contribution is 6.36. The van der Waals surface area contributed by atoms with Gasteiger partial charge in [0.1, 0.15) is 29.0 Å². The lowest BCUT2D eigenvalue weighted by Gasteiger charge is -2.39. The lowest BCUT2D eigenvalue weighted by molar-refractivity contribution is -0.120. The number of hydrogen-bond acceptors (Lipinski definition) is 11. The molecule has 2 aliphatic heterocycles. The van der Waals surface area contributed by atoms with E-state index >= 15 is 0 Å². The molecule has 3 aromatic carbocycles. The Bertz CT molecular complexity index is 2390. The second-order valence-electron chi connectivity index (χ2n) is 13.8. The Morgan fingerprint density at radius 3 is 2.65 bits per heavy atom. The van der Waals surface area contributed by atoms with Gasteiger partial charge in [0.2, 0.25) is 11.8 Å². The van der Waals surface area contributed by atoms with Crippen molar-refractivity contribution in [3.05, 3.63) is 99.5 Å². The van der Waals surface area contributed by atoms with Crippen molar-refractivity contribution < 1.29 is 23.5 Å². The summed E-state index contributed by atoms with van der Waals surface area (Å²) in [5.41, 5.74) is 7.37. The van der Waals surface area contributed by atoms with Crippen molar-refractivity contribution in [3.8, 4) is 34.4 Å². The summed E-state index contributed by atoms with van der Waals surface area (Å²) in [5, 5.41) is 22.7. The van der Waals surface area contributed by atoms with Gasteiger partial charge < -0.3 is 30.4 Å². The second-order valence-corrected chi connectivity index (χ2v) is 14.2. The van der Waals surface area contributed by atoms with Gasteiger partial charge in [0.25, 0.3) is 5.91 Å². The first-order chi connectivity index (χ1) is 26.6. The molecule has 2 amide bonds. The molecule has 4 N–H and O–H groups in total. The Morgan fingerprint density at radius 2 is 1.91 bits per heavy atom. The van der Waals surface area contributed by atoms with Crippen LogP contribution in [0, 0.1) is 18.3 Å². The minimum absolute atomic E-state index is 0.0429. The number of aromatic nitrogens is 2. The number of halogens is 1. The van der Waals surface area contributed by atoms with Crippen molar-refractivity contribution in [2.45, 2.75) is 51.9 Å². The molecular weight excluding hydrogens is 720 g/mol. The number of nitrogens with zero attached hydrogens (tertiary/aromatic N) is 4. The van der Waals surface area contributed by atoms with Crippen LogP contribution in [0.25, 0.3) is 33.7 Å². The number of carbonyl (C=O) groups is 2. The van der Waals surface area contributed by atoms with Gasteiger partial charge in [0, 0.05) is 81.1 Å². The Labute approximate surface area is 322 Å². The van der Waals surface area contributed by atoms with Crippen LogP contribution in [0.1, 0.15) is 52.5 Å². The first kappa shape index (κ1) is 37.3. The van der Waals surface area contributed by atoms with Crippen molar-refractivity contribution in [1.82, 2.24) is 30.8 Å². The van der Waals surface area contributed by atoms with Crippen LogP contribution in [0.15, 0.2) is 70.9 Å². The Hall–Kier alpha value is -6.03. The van der Waals surface area contributed by atoms with Gasteiger partial charge in [0.15, 0.2) is 5.58 Å². The molecule has 14 heteroatoms. The number of nitriles is 1. The van der Waals surface area contributed by atoms with Gasteiger partial charge in [-0.3, -0.25) is 19.5 Å². The van der Waals surface area contributed by atoms with E-state index in [-0.39, 0.29) is 23.7 Å². The van der Waals surface area contributed by atoms with E-state index in [4.69, 9.17) is 25.7 Å². The fraction of sp³-hybridized carbons (Fsp3) is 0.293. The van der Waals surface area contributed by atoms with Crippen LogP contribution in [0.4, 0.5) is 5.69 Å². The van der Waals surface area contributed by atoms with Crippen LogP contribution in [-0.2, 0) is 22.7 Å². The first-order valence-electron chi connectivity index (χ1n) is 17.9. The van der Waals surface area contributed by atoms with Crippen LogP contribution >= 0.6 is 11.6 Å². The molecule has 7 rings (SSSR count). The van der Waals surface area contributed by atoms with Gasteiger partial charge in [-0.25, -0.2) is 9.78 Å². The number of rotatable bonds is 12. The summed E-state index contributed by atoms with van der Waals surface area (Å²) in [5.74, 6) is 2.32. The molecule has 2 saturated heterocycles. The number of methoxy groups -OCH3 is 1. The van der Waals surface area contributed by atoms with Crippen molar-refractivity contribution in [2.75, 3.05) is 32.1 Å². The zero-order chi connectivity index (χ0) is 38.6. The maximum Gasteiger partial charge on any atom is 0.274 e. The van der Waals surface area contributed by atoms with Crippen molar-refractivity contribution in [2.24, 2.45) is 0 Å². The molecule has 0 unspecified atom stereocenters. The van der Waals surface area contributed by atoms with Crippen molar-refractivity contribution >= 4 is 46.1 Å². The molecule has 0 saturated carbocycles. The number of fused-ring (bicyclic) bond motifs is 1. The predicted molar refractivity (Wildman–Crippen MR) is 208 cm³/mol. The van der Waals surface area contributed by atoms with Gasteiger partial charge in [-0.15, -0.1) is 0 Å². The molecule has 1 atom stereocenters. The molecule has 280 valence electrons. The Kier molecular flexibility index (Phi) is 10.9. The molecule has 55 heavy (non-hydrogen) atoms. The van der Waals surface area contributed by atoms with E-state index in [2.05, 4.69) is 37.2 Å². The molecule has 4 heterocycles. The summed E-state index contributed by atoms with van der Waals surface area (Å²) < 4.78 is 11.8. The number of likely N-dealkylation sites (tertiary alicyclic amines) is 1. The highest BCUT2D eigenvalue weighted by atomic mass is 35.5. The Balaban J connectivity index is 1.07. The fourth-order valence-corrected chi connectivity index (χ4v) is 7.41. The molecule has 5 aromatic rings. The molecule has 0 spiro atoms. The highest BCUT2D eigenvalue weighted by Crippen LogP contribution is 2.39. The number of oxazole rings is 1. The van der Waals surface area contributed by atoms with Gasteiger partial charge in [0.05, 0.1) is 35.1 Å². The summed E-state index contributed by atoms with van der Waals surface area (Å²) in [4.78, 5) is 47.1. The third kappa shape index (κ3) is 8.09. The van der Waals surface area contributed by atoms with E-state index in [9.17, 15) is 19.6 Å². The van der Waals surface area contributed by atoms with E-state index in [0.29, 0.717) is 76.3 Å². The maximum atomic E-state index is 13.4. The van der Waals surface area contributed by atoms with E-state index in [0.717, 1.165) is 47.3 Å². The number of hydrogen-bond donors (Lipinski definition) is 4. The van der Waals surface area contributed by atoms with Crippen molar-refractivity contribution in [1.29, 1.82) is 5.26 Å². The largest absolute Gasteiger partial charge is 0.496 e. The minimum Gasteiger partial charge on any atom is -0.496 e. The third-order valence-electron chi connectivity index (χ3n) is 9.89. The SMILES string of the molecule is COc1cc(C(=O)Nc2cccc(-c3cccc(-c4nc5cc(CN6CC(NC(C)=O)C6)cc(C#N)c5o4)c3C)c2Cl)ncc1CNC[C@@H]1CCC(=C=O)N1. The number of nitrogens with one attached hydrogen (secondary N) is 4. The van der Waals surface area contributed by atoms with Crippen LogP contribution in [0.3, 0.4) is 0 Å². The summed E-state index contributed by atoms with van der Waals surface area (Å²) >= 11 is 6.98. The smallest absolute Gasteiger partial charge is 0.274 e. The number of carbonyl (C=O) groups excluding carboxylic acids is 3. The first-order valence-corrected chi connectivity index (χ1v) is 18.3. The molecule has 2 aliphatic rings. The quantitative estimate of drug-likeness (QED) is 0.118. The molecule has 0 aliphatic carbocycles. The number of amides is 2. The Morgan fingerprint density at radius 1 is 1.13 bits per heavy atom. The zero-order valence-electron chi connectivity index (χ0n) is 30.6. The number of pyridine rings is 1. The number of allylic oxidation sites excluding steroid dienone is 1. The van der Waals surface area contributed by atoms with Crippen LogP contribution in [-0.4, -0.2) is 71.5 Å². The molecule has 0 bridgehead atoms. The second kappa shape index (κ2) is 16.1. The van der Waals surface area contributed by atoms with Crippen LogP contribution in [0.5, 0.6) is 5.75 Å². The summed E-state index contributed by atoms with van der Waals surface area (Å²) in [6, 6.07) is 19.0.